The Hall–Kier alpha value is -2.63. The molecule has 0 bridgehead atoms. The first-order valence-electron chi connectivity index (χ1n) is 9.27. The summed E-state index contributed by atoms with van der Waals surface area (Å²) in [5, 5.41) is 1.95. The van der Waals surface area contributed by atoms with E-state index in [9.17, 15) is 31.2 Å². The van der Waals surface area contributed by atoms with E-state index in [0.717, 1.165) is 17.7 Å². The number of rotatable bonds is 9. The third-order valence-corrected chi connectivity index (χ3v) is 5.86. The molecule has 0 aromatic heterocycles. The topological polar surface area (TPSA) is 102 Å². The summed E-state index contributed by atoms with van der Waals surface area (Å²) in [4.78, 5) is 22.9. The maximum absolute atomic E-state index is 12.9. The van der Waals surface area contributed by atoms with Gasteiger partial charge in [-0.3, -0.25) is 9.59 Å². The van der Waals surface area contributed by atoms with E-state index in [1.54, 1.807) is 18.2 Å². The average Bonchev–Trinajstić information content (AvgIpc) is 2.69. The van der Waals surface area contributed by atoms with Crippen LogP contribution in [-0.2, 0) is 30.5 Å². The third kappa shape index (κ3) is 7.81. The van der Waals surface area contributed by atoms with Crippen molar-refractivity contribution in [3.05, 3.63) is 58.6 Å². The summed E-state index contributed by atoms with van der Waals surface area (Å²) >= 11 is 5.48. The Morgan fingerprint density at radius 3 is 2.50 bits per heavy atom. The van der Waals surface area contributed by atoms with Gasteiger partial charge in [0.2, 0.25) is 10.0 Å². The van der Waals surface area contributed by atoms with Crippen molar-refractivity contribution < 1.29 is 35.9 Å². The summed E-state index contributed by atoms with van der Waals surface area (Å²) in [5.74, 6) is -1.26. The van der Waals surface area contributed by atoms with E-state index >= 15 is 0 Å². The van der Waals surface area contributed by atoms with Crippen molar-refractivity contribution in [2.45, 2.75) is 30.8 Å². The molecule has 0 unspecified atom stereocenters. The number of esters is 1. The molecule has 1 amide bonds. The lowest BCUT2D eigenvalue weighted by atomic mass is 10.2. The van der Waals surface area contributed by atoms with Gasteiger partial charge in [0.1, 0.15) is 0 Å². The number of carbonyl (C=O) groups is 2. The SMILES string of the molecule is Cc1cccc(NC(=O)COC(=O)CCCNS(=O)(=O)c2ccc(Cl)c(C(F)(F)F)c2)c1. The number of hydrogen-bond acceptors (Lipinski definition) is 5. The van der Waals surface area contributed by atoms with Gasteiger partial charge in [-0.05, 0) is 49.2 Å². The number of alkyl halides is 3. The molecular formula is C20H20ClF3N2O5S. The zero-order valence-corrected chi connectivity index (χ0v) is 18.4. The molecule has 0 radical (unpaired) electrons. The summed E-state index contributed by atoms with van der Waals surface area (Å²) < 4.78 is 70.0. The van der Waals surface area contributed by atoms with Crippen LogP contribution in [0.15, 0.2) is 47.4 Å². The number of aryl methyl sites for hydroxylation is 1. The van der Waals surface area contributed by atoms with Crippen LogP contribution in [0.25, 0.3) is 0 Å². The third-order valence-electron chi connectivity index (χ3n) is 4.07. The summed E-state index contributed by atoms with van der Waals surface area (Å²) in [6, 6.07) is 9.25. The number of anilines is 1. The molecule has 0 fully saturated rings. The van der Waals surface area contributed by atoms with E-state index < -0.39 is 50.2 Å². The quantitative estimate of drug-likeness (QED) is 0.408. The normalized spacial score (nSPS) is 11.8. The van der Waals surface area contributed by atoms with E-state index in [-0.39, 0.29) is 19.4 Å². The number of halogens is 4. The minimum absolute atomic E-state index is 0.0112. The van der Waals surface area contributed by atoms with E-state index in [2.05, 4.69) is 10.0 Å². The second-order valence-corrected chi connectivity index (χ2v) is 8.89. The molecule has 0 heterocycles. The van der Waals surface area contributed by atoms with Crippen molar-refractivity contribution in [2.24, 2.45) is 0 Å². The van der Waals surface area contributed by atoms with Crippen LogP contribution in [0.2, 0.25) is 5.02 Å². The molecule has 0 aliphatic heterocycles. The second kappa shape index (κ2) is 10.8. The van der Waals surface area contributed by atoms with Gasteiger partial charge in [0.15, 0.2) is 6.61 Å². The fourth-order valence-electron chi connectivity index (χ4n) is 2.55. The van der Waals surface area contributed by atoms with Crippen LogP contribution in [0, 0.1) is 6.92 Å². The van der Waals surface area contributed by atoms with Gasteiger partial charge in [0.05, 0.1) is 15.5 Å². The van der Waals surface area contributed by atoms with E-state index in [1.807, 2.05) is 13.0 Å². The average molecular weight is 493 g/mol. The van der Waals surface area contributed by atoms with Crippen molar-refractivity contribution >= 4 is 39.2 Å². The molecule has 2 aromatic carbocycles. The van der Waals surface area contributed by atoms with E-state index in [1.165, 1.54) is 0 Å². The molecule has 2 N–H and O–H groups in total. The predicted octanol–water partition coefficient (Wildman–Crippen LogP) is 3.91. The van der Waals surface area contributed by atoms with Crippen LogP contribution < -0.4 is 10.0 Å². The van der Waals surface area contributed by atoms with Gasteiger partial charge in [-0.15, -0.1) is 0 Å². The molecule has 0 atom stereocenters. The molecule has 0 saturated carbocycles. The van der Waals surface area contributed by atoms with Crippen LogP contribution in [0.5, 0.6) is 0 Å². The maximum atomic E-state index is 12.9. The van der Waals surface area contributed by atoms with Gasteiger partial charge in [0, 0.05) is 18.7 Å². The molecule has 0 aliphatic carbocycles. The smallest absolute Gasteiger partial charge is 0.417 e. The maximum Gasteiger partial charge on any atom is 0.417 e. The fourth-order valence-corrected chi connectivity index (χ4v) is 3.87. The first kappa shape index (κ1) is 25.6. The Bertz CT molecular complexity index is 1090. The molecule has 7 nitrogen and oxygen atoms in total. The lowest BCUT2D eigenvalue weighted by molar-refractivity contribution is -0.147. The lowest BCUT2D eigenvalue weighted by Crippen LogP contribution is -2.26. The Morgan fingerprint density at radius 2 is 1.84 bits per heavy atom. The van der Waals surface area contributed by atoms with Gasteiger partial charge in [0.25, 0.3) is 5.91 Å². The first-order chi connectivity index (χ1) is 14.9. The zero-order valence-electron chi connectivity index (χ0n) is 16.8. The van der Waals surface area contributed by atoms with Crippen molar-refractivity contribution in [1.29, 1.82) is 0 Å². The van der Waals surface area contributed by atoms with Gasteiger partial charge in [-0.1, -0.05) is 23.7 Å². The molecule has 12 heteroatoms. The molecule has 2 aromatic rings. The molecular weight excluding hydrogens is 473 g/mol. The van der Waals surface area contributed by atoms with Gasteiger partial charge in [-0.2, -0.15) is 13.2 Å². The number of nitrogens with one attached hydrogen (secondary N) is 2. The summed E-state index contributed by atoms with van der Waals surface area (Å²) in [5.41, 5.74) is 0.223. The molecule has 2 rings (SSSR count). The number of ether oxygens (including phenoxy) is 1. The van der Waals surface area contributed by atoms with Crippen LogP contribution >= 0.6 is 11.6 Å². The first-order valence-corrected chi connectivity index (χ1v) is 11.1. The van der Waals surface area contributed by atoms with Crippen LogP contribution in [0.3, 0.4) is 0 Å². The van der Waals surface area contributed by atoms with Crippen molar-refractivity contribution in [2.75, 3.05) is 18.5 Å². The van der Waals surface area contributed by atoms with Crippen molar-refractivity contribution in [3.8, 4) is 0 Å². The van der Waals surface area contributed by atoms with E-state index in [0.29, 0.717) is 11.8 Å². The summed E-state index contributed by atoms with van der Waals surface area (Å²) in [6.45, 7) is 1.12. The minimum atomic E-state index is -4.81. The van der Waals surface area contributed by atoms with Crippen molar-refractivity contribution in [3.63, 3.8) is 0 Å². The standard InChI is InChI=1S/C20H20ClF3N2O5S/c1-13-4-2-5-14(10-13)26-18(27)12-31-19(28)6-3-9-25-32(29,30)15-7-8-17(21)16(11-15)20(22,23)24/h2,4-5,7-8,10-11,25H,3,6,9,12H2,1H3,(H,26,27). The molecule has 174 valence electrons. The Labute approximate surface area is 188 Å². The van der Waals surface area contributed by atoms with Crippen LogP contribution in [-0.4, -0.2) is 33.4 Å². The fraction of sp³-hybridized carbons (Fsp3) is 0.300. The highest BCUT2D eigenvalue weighted by Crippen LogP contribution is 2.35. The predicted molar refractivity (Wildman–Crippen MR) is 112 cm³/mol. The lowest BCUT2D eigenvalue weighted by Gasteiger charge is -2.12. The van der Waals surface area contributed by atoms with Gasteiger partial charge >= 0.3 is 12.1 Å². The highest BCUT2D eigenvalue weighted by Gasteiger charge is 2.34. The second-order valence-electron chi connectivity index (χ2n) is 6.72. The molecule has 0 aliphatic rings. The van der Waals surface area contributed by atoms with Crippen LogP contribution in [0.4, 0.5) is 18.9 Å². The summed E-state index contributed by atoms with van der Waals surface area (Å²) in [7, 11) is -4.25. The largest absolute Gasteiger partial charge is 0.456 e. The Morgan fingerprint density at radius 1 is 1.12 bits per heavy atom. The number of amides is 1. The number of benzene rings is 2. The highest BCUT2D eigenvalue weighted by molar-refractivity contribution is 7.89. The Balaban J connectivity index is 1.77. The van der Waals surface area contributed by atoms with Crippen LogP contribution in [0.1, 0.15) is 24.0 Å². The van der Waals surface area contributed by atoms with Gasteiger partial charge in [-0.25, -0.2) is 13.1 Å². The molecule has 0 saturated heterocycles. The number of hydrogen-bond donors (Lipinski definition) is 2. The van der Waals surface area contributed by atoms with E-state index in [4.69, 9.17) is 16.3 Å². The molecule has 32 heavy (non-hydrogen) atoms. The number of sulfonamides is 1. The number of carbonyl (C=O) groups excluding carboxylic acids is 2. The van der Waals surface area contributed by atoms with Crippen molar-refractivity contribution in [1.82, 2.24) is 4.72 Å². The molecule has 0 spiro atoms. The Kier molecular flexibility index (Phi) is 8.65. The summed E-state index contributed by atoms with van der Waals surface area (Å²) in [6.07, 6.45) is -5.00. The highest BCUT2D eigenvalue weighted by atomic mass is 35.5. The monoisotopic (exact) mass is 492 g/mol. The van der Waals surface area contributed by atoms with Gasteiger partial charge < -0.3 is 10.1 Å². The minimum Gasteiger partial charge on any atom is -0.456 e. The zero-order chi connectivity index (χ0) is 23.9.